The van der Waals surface area contributed by atoms with Crippen LogP contribution < -0.4 is 0 Å². The second kappa shape index (κ2) is 5.81. The number of sulfonamides is 1. The number of hydrogen-bond acceptors (Lipinski definition) is 4. The molecule has 1 saturated heterocycles. The summed E-state index contributed by atoms with van der Waals surface area (Å²) in [7, 11) is -1.71. The molecule has 1 fully saturated rings. The molecule has 1 unspecified atom stereocenters. The third-order valence-corrected chi connectivity index (χ3v) is 5.15. The highest BCUT2D eigenvalue weighted by Crippen LogP contribution is 2.24. The number of aromatic amines is 1. The number of hydrogen-bond donors (Lipinski definition) is 1. The molecule has 0 aromatic carbocycles. The number of aromatic nitrogens is 2. The lowest BCUT2D eigenvalue weighted by Gasteiger charge is -2.31. The fraction of sp³-hybridized carbons (Fsp3) is 0.727. The van der Waals surface area contributed by atoms with Gasteiger partial charge in [-0.15, -0.1) is 0 Å². The van der Waals surface area contributed by atoms with Crippen molar-refractivity contribution < 1.29 is 13.2 Å². The van der Waals surface area contributed by atoms with Crippen LogP contribution >= 0.6 is 0 Å². The van der Waals surface area contributed by atoms with Gasteiger partial charge >= 0.3 is 0 Å². The molecule has 1 aliphatic heterocycles. The van der Waals surface area contributed by atoms with Gasteiger partial charge in [0.2, 0.25) is 10.0 Å². The number of rotatable bonds is 5. The number of piperidine rings is 1. The minimum Gasteiger partial charge on any atom is -0.385 e. The lowest BCUT2D eigenvalue weighted by atomic mass is 9.97. The number of nitrogens with one attached hydrogen (secondary N) is 1. The molecule has 0 amide bonds. The van der Waals surface area contributed by atoms with Gasteiger partial charge in [-0.2, -0.15) is 9.40 Å². The average Bonchev–Trinajstić information content (AvgIpc) is 2.91. The summed E-state index contributed by atoms with van der Waals surface area (Å²) in [6, 6.07) is 0. The Balaban J connectivity index is 2.04. The van der Waals surface area contributed by atoms with Crippen LogP contribution in [0.1, 0.15) is 19.3 Å². The molecule has 2 rings (SSSR count). The van der Waals surface area contributed by atoms with E-state index in [9.17, 15) is 8.42 Å². The Morgan fingerprint density at radius 1 is 1.61 bits per heavy atom. The Morgan fingerprint density at radius 3 is 3.11 bits per heavy atom. The second-order valence-electron chi connectivity index (χ2n) is 4.59. The van der Waals surface area contributed by atoms with Crippen LogP contribution in [-0.4, -0.2) is 49.7 Å². The maximum Gasteiger partial charge on any atom is 0.246 e. The third kappa shape index (κ3) is 2.90. The molecule has 18 heavy (non-hydrogen) atoms. The third-order valence-electron chi connectivity index (χ3n) is 3.32. The van der Waals surface area contributed by atoms with E-state index in [1.165, 1.54) is 12.4 Å². The fourth-order valence-electron chi connectivity index (χ4n) is 2.29. The Morgan fingerprint density at radius 2 is 2.44 bits per heavy atom. The van der Waals surface area contributed by atoms with Gasteiger partial charge in [0.25, 0.3) is 0 Å². The summed E-state index contributed by atoms with van der Waals surface area (Å²) < 4.78 is 31.2. The summed E-state index contributed by atoms with van der Waals surface area (Å²) in [6.45, 7) is 1.86. The largest absolute Gasteiger partial charge is 0.385 e. The molecule has 1 aliphatic rings. The van der Waals surface area contributed by atoms with Gasteiger partial charge in [0.15, 0.2) is 0 Å². The minimum absolute atomic E-state index is 0.245. The zero-order valence-corrected chi connectivity index (χ0v) is 11.3. The van der Waals surface area contributed by atoms with Crippen LogP contribution in [-0.2, 0) is 14.8 Å². The monoisotopic (exact) mass is 273 g/mol. The SMILES string of the molecule is COCCC1CCCN(S(=O)(=O)c2cn[nH]c2)C1. The van der Waals surface area contributed by atoms with E-state index in [4.69, 9.17) is 4.74 Å². The molecule has 0 saturated carbocycles. The average molecular weight is 273 g/mol. The van der Waals surface area contributed by atoms with Crippen molar-refractivity contribution >= 4 is 10.0 Å². The molecule has 0 radical (unpaired) electrons. The molecule has 1 aromatic heterocycles. The van der Waals surface area contributed by atoms with Gasteiger partial charge in [0.05, 0.1) is 6.20 Å². The highest BCUT2D eigenvalue weighted by molar-refractivity contribution is 7.89. The molecule has 6 nitrogen and oxygen atoms in total. The van der Waals surface area contributed by atoms with Gasteiger partial charge in [-0.1, -0.05) is 0 Å². The Bertz CT molecular complexity index is 458. The molecule has 7 heteroatoms. The van der Waals surface area contributed by atoms with Crippen molar-refractivity contribution in [1.29, 1.82) is 0 Å². The predicted molar refractivity (Wildman–Crippen MR) is 66.6 cm³/mol. The van der Waals surface area contributed by atoms with Crippen molar-refractivity contribution in [2.24, 2.45) is 5.92 Å². The second-order valence-corrected chi connectivity index (χ2v) is 6.52. The molecule has 1 atom stereocenters. The van der Waals surface area contributed by atoms with Crippen LogP contribution in [0.4, 0.5) is 0 Å². The maximum atomic E-state index is 12.3. The van der Waals surface area contributed by atoms with Gasteiger partial charge in [-0.25, -0.2) is 8.42 Å². The van der Waals surface area contributed by atoms with Crippen LogP contribution in [0.2, 0.25) is 0 Å². The van der Waals surface area contributed by atoms with Crippen molar-refractivity contribution in [2.45, 2.75) is 24.2 Å². The lowest BCUT2D eigenvalue weighted by Crippen LogP contribution is -2.40. The summed E-state index contributed by atoms with van der Waals surface area (Å²) in [6.07, 6.45) is 5.67. The first-order valence-electron chi connectivity index (χ1n) is 6.12. The molecule has 0 aliphatic carbocycles. The number of methoxy groups -OCH3 is 1. The first-order valence-corrected chi connectivity index (χ1v) is 7.56. The molecule has 1 N–H and O–H groups in total. The topological polar surface area (TPSA) is 75.3 Å². The minimum atomic E-state index is -3.38. The molecule has 0 spiro atoms. The van der Waals surface area contributed by atoms with Crippen LogP contribution in [0.15, 0.2) is 17.3 Å². The van der Waals surface area contributed by atoms with Gasteiger partial charge in [-0.05, 0) is 25.2 Å². The maximum absolute atomic E-state index is 12.3. The standard InChI is InChI=1S/C11H19N3O3S/c1-17-6-4-10-3-2-5-14(9-10)18(15,16)11-7-12-13-8-11/h7-8,10H,2-6,9H2,1H3,(H,12,13). The smallest absolute Gasteiger partial charge is 0.246 e. The molecule has 1 aromatic rings. The summed E-state index contributed by atoms with van der Waals surface area (Å²) in [5.74, 6) is 0.389. The van der Waals surface area contributed by atoms with E-state index in [0.29, 0.717) is 25.6 Å². The number of nitrogens with zero attached hydrogens (tertiary/aromatic N) is 2. The number of ether oxygens (including phenoxy) is 1. The van der Waals surface area contributed by atoms with E-state index < -0.39 is 10.0 Å². The van der Waals surface area contributed by atoms with E-state index in [2.05, 4.69) is 10.2 Å². The van der Waals surface area contributed by atoms with E-state index in [1.54, 1.807) is 11.4 Å². The zero-order chi connectivity index (χ0) is 13.0. The first kappa shape index (κ1) is 13.5. The van der Waals surface area contributed by atoms with E-state index >= 15 is 0 Å². The zero-order valence-electron chi connectivity index (χ0n) is 10.5. The van der Waals surface area contributed by atoms with Crippen molar-refractivity contribution in [1.82, 2.24) is 14.5 Å². The number of H-pyrrole nitrogens is 1. The first-order chi connectivity index (χ1) is 8.64. The highest BCUT2D eigenvalue weighted by Gasteiger charge is 2.30. The van der Waals surface area contributed by atoms with Gasteiger partial charge in [0.1, 0.15) is 4.90 Å². The van der Waals surface area contributed by atoms with Gasteiger partial charge < -0.3 is 4.74 Å². The predicted octanol–water partition coefficient (Wildman–Crippen LogP) is 0.847. The van der Waals surface area contributed by atoms with Gasteiger partial charge in [-0.3, -0.25) is 5.10 Å². The van der Waals surface area contributed by atoms with E-state index in [-0.39, 0.29) is 4.90 Å². The summed E-state index contributed by atoms with van der Waals surface area (Å²) in [5.41, 5.74) is 0. The summed E-state index contributed by atoms with van der Waals surface area (Å²) in [5, 5.41) is 6.25. The molecule has 102 valence electrons. The Labute approximate surface area is 107 Å². The fourth-order valence-corrected chi connectivity index (χ4v) is 3.76. The Hall–Kier alpha value is -0.920. The van der Waals surface area contributed by atoms with Crippen molar-refractivity contribution in [3.8, 4) is 0 Å². The molecular weight excluding hydrogens is 254 g/mol. The van der Waals surface area contributed by atoms with Crippen molar-refractivity contribution in [2.75, 3.05) is 26.8 Å². The summed E-state index contributed by atoms with van der Waals surface area (Å²) >= 11 is 0. The van der Waals surface area contributed by atoms with Crippen LogP contribution in [0.5, 0.6) is 0 Å². The highest BCUT2D eigenvalue weighted by atomic mass is 32.2. The van der Waals surface area contributed by atoms with Crippen molar-refractivity contribution in [3.63, 3.8) is 0 Å². The van der Waals surface area contributed by atoms with E-state index in [1.807, 2.05) is 0 Å². The van der Waals surface area contributed by atoms with E-state index in [0.717, 1.165) is 19.3 Å². The molecule has 2 heterocycles. The summed E-state index contributed by atoms with van der Waals surface area (Å²) in [4.78, 5) is 0.245. The van der Waals surface area contributed by atoms with Crippen LogP contribution in [0.25, 0.3) is 0 Å². The van der Waals surface area contributed by atoms with Crippen molar-refractivity contribution in [3.05, 3.63) is 12.4 Å². The Kier molecular flexibility index (Phi) is 4.36. The van der Waals surface area contributed by atoms with Crippen LogP contribution in [0, 0.1) is 5.92 Å². The van der Waals surface area contributed by atoms with Crippen LogP contribution in [0.3, 0.4) is 0 Å². The quantitative estimate of drug-likeness (QED) is 0.863. The van der Waals surface area contributed by atoms with Gasteiger partial charge in [0, 0.05) is 33.0 Å². The molecule has 0 bridgehead atoms. The normalized spacial score (nSPS) is 22.2. The lowest BCUT2D eigenvalue weighted by molar-refractivity contribution is 0.156. The molecular formula is C11H19N3O3S.